The molecule has 0 aromatic heterocycles. The van der Waals surface area contributed by atoms with E-state index in [9.17, 15) is 4.79 Å². The summed E-state index contributed by atoms with van der Waals surface area (Å²) in [6, 6.07) is 0.604. The van der Waals surface area contributed by atoms with Gasteiger partial charge >= 0.3 is 0 Å². The van der Waals surface area contributed by atoms with Crippen LogP contribution in [-0.2, 0) is 4.79 Å². The minimum atomic E-state index is -0.431. The lowest BCUT2D eigenvalue weighted by Crippen LogP contribution is -2.55. The van der Waals surface area contributed by atoms with Crippen LogP contribution in [0, 0.1) is 5.41 Å². The number of piperidine rings is 2. The molecule has 2 rings (SSSR count). The van der Waals surface area contributed by atoms with Gasteiger partial charge in [-0.25, -0.2) is 0 Å². The first-order chi connectivity index (χ1) is 10.3. The molecule has 0 unspecified atom stereocenters. The van der Waals surface area contributed by atoms with E-state index in [4.69, 9.17) is 5.73 Å². The fraction of sp³-hybridized carbons (Fsp3) is 0.941. The molecule has 7 heteroatoms. The van der Waals surface area contributed by atoms with Gasteiger partial charge in [-0.05, 0) is 51.2 Å². The molecule has 24 heavy (non-hydrogen) atoms. The Morgan fingerprint density at radius 2 is 1.54 bits per heavy atom. The SMILES string of the molecule is CN1CCC(N2CCC(NC(=O)[C@@H](N)C(C)(C)C)CC2)CC1.Cl.Cl. The van der Waals surface area contributed by atoms with E-state index in [1.165, 1.54) is 25.9 Å². The molecule has 2 saturated heterocycles. The highest BCUT2D eigenvalue weighted by molar-refractivity contribution is 5.85. The lowest BCUT2D eigenvalue weighted by atomic mass is 9.86. The second-order valence-corrected chi connectivity index (χ2v) is 8.20. The molecule has 2 heterocycles. The smallest absolute Gasteiger partial charge is 0.237 e. The first-order valence-electron chi connectivity index (χ1n) is 8.76. The Balaban J connectivity index is 0.00000264. The second kappa shape index (κ2) is 10.2. The Hall–Kier alpha value is -0.0700. The van der Waals surface area contributed by atoms with Crippen LogP contribution in [0.15, 0.2) is 0 Å². The van der Waals surface area contributed by atoms with Gasteiger partial charge in [-0.2, -0.15) is 0 Å². The third-order valence-electron chi connectivity index (χ3n) is 5.30. The first-order valence-corrected chi connectivity index (χ1v) is 8.76. The van der Waals surface area contributed by atoms with Gasteiger partial charge in [0.25, 0.3) is 0 Å². The predicted molar refractivity (Wildman–Crippen MR) is 105 cm³/mol. The van der Waals surface area contributed by atoms with Gasteiger partial charge in [-0.3, -0.25) is 4.79 Å². The summed E-state index contributed by atoms with van der Waals surface area (Å²) in [4.78, 5) is 17.3. The molecule has 0 bridgehead atoms. The van der Waals surface area contributed by atoms with E-state index in [-0.39, 0.29) is 36.1 Å². The fourth-order valence-corrected chi connectivity index (χ4v) is 3.45. The van der Waals surface area contributed by atoms with Gasteiger partial charge in [0.15, 0.2) is 0 Å². The molecule has 0 saturated carbocycles. The number of halogens is 2. The van der Waals surface area contributed by atoms with E-state index in [0.717, 1.165) is 32.0 Å². The van der Waals surface area contributed by atoms with Crippen LogP contribution in [0.4, 0.5) is 0 Å². The number of likely N-dealkylation sites (tertiary alicyclic amines) is 2. The highest BCUT2D eigenvalue weighted by Gasteiger charge is 2.31. The number of nitrogens with zero attached hydrogens (tertiary/aromatic N) is 2. The number of carbonyl (C=O) groups is 1. The van der Waals surface area contributed by atoms with Gasteiger partial charge in [0.2, 0.25) is 5.91 Å². The Labute approximate surface area is 159 Å². The monoisotopic (exact) mass is 382 g/mol. The maximum atomic E-state index is 12.2. The Morgan fingerprint density at radius 3 is 2.00 bits per heavy atom. The van der Waals surface area contributed by atoms with Crippen LogP contribution in [-0.4, -0.2) is 67.1 Å². The van der Waals surface area contributed by atoms with Crippen molar-refractivity contribution in [2.45, 2.75) is 64.6 Å². The molecule has 1 atom stereocenters. The lowest BCUT2D eigenvalue weighted by Gasteiger charge is -2.41. The van der Waals surface area contributed by atoms with Crippen molar-refractivity contribution in [3.05, 3.63) is 0 Å². The van der Waals surface area contributed by atoms with Crippen molar-refractivity contribution in [2.24, 2.45) is 11.1 Å². The average Bonchev–Trinajstić information content (AvgIpc) is 2.47. The largest absolute Gasteiger partial charge is 0.352 e. The van der Waals surface area contributed by atoms with Gasteiger partial charge in [0.1, 0.15) is 0 Å². The molecule has 0 spiro atoms. The maximum Gasteiger partial charge on any atom is 0.237 e. The van der Waals surface area contributed by atoms with Crippen molar-refractivity contribution in [3.63, 3.8) is 0 Å². The van der Waals surface area contributed by atoms with Gasteiger partial charge in [0.05, 0.1) is 6.04 Å². The molecule has 0 aromatic carbocycles. The van der Waals surface area contributed by atoms with Crippen molar-refractivity contribution in [1.82, 2.24) is 15.1 Å². The van der Waals surface area contributed by atoms with Gasteiger partial charge in [-0.15, -0.1) is 24.8 Å². The zero-order valence-corrected chi connectivity index (χ0v) is 17.2. The van der Waals surface area contributed by atoms with Crippen molar-refractivity contribution >= 4 is 30.7 Å². The van der Waals surface area contributed by atoms with Crippen LogP contribution >= 0.6 is 24.8 Å². The highest BCUT2D eigenvalue weighted by atomic mass is 35.5. The molecule has 0 aliphatic carbocycles. The zero-order valence-electron chi connectivity index (χ0n) is 15.6. The molecular formula is C17H36Cl2N4O. The van der Waals surface area contributed by atoms with Crippen molar-refractivity contribution < 1.29 is 4.79 Å². The Kier molecular flexibility index (Phi) is 10.1. The second-order valence-electron chi connectivity index (χ2n) is 8.20. The van der Waals surface area contributed by atoms with Crippen LogP contribution in [0.3, 0.4) is 0 Å². The molecule has 2 aliphatic rings. The average molecular weight is 383 g/mol. The van der Waals surface area contributed by atoms with E-state index in [2.05, 4.69) is 22.2 Å². The minimum absolute atomic E-state index is 0. The molecule has 3 N–H and O–H groups in total. The van der Waals surface area contributed by atoms with Crippen LogP contribution < -0.4 is 11.1 Å². The zero-order chi connectivity index (χ0) is 16.3. The quantitative estimate of drug-likeness (QED) is 0.781. The van der Waals surface area contributed by atoms with Gasteiger partial charge < -0.3 is 20.9 Å². The highest BCUT2D eigenvalue weighted by Crippen LogP contribution is 2.21. The number of rotatable bonds is 3. The lowest BCUT2D eigenvalue weighted by molar-refractivity contribution is -0.125. The summed E-state index contributed by atoms with van der Waals surface area (Å²) in [6.45, 7) is 10.7. The molecule has 144 valence electrons. The summed E-state index contributed by atoms with van der Waals surface area (Å²) in [7, 11) is 2.20. The normalized spacial score (nSPS) is 23.0. The molecule has 5 nitrogen and oxygen atoms in total. The number of nitrogens with one attached hydrogen (secondary N) is 1. The minimum Gasteiger partial charge on any atom is -0.352 e. The molecular weight excluding hydrogens is 347 g/mol. The summed E-state index contributed by atoms with van der Waals surface area (Å²) >= 11 is 0. The molecule has 2 aliphatic heterocycles. The topological polar surface area (TPSA) is 61.6 Å². The van der Waals surface area contributed by atoms with Crippen molar-refractivity contribution in [2.75, 3.05) is 33.2 Å². The summed E-state index contributed by atoms with van der Waals surface area (Å²) < 4.78 is 0. The number of carbonyl (C=O) groups excluding carboxylic acids is 1. The number of hydrogen-bond donors (Lipinski definition) is 2. The number of amides is 1. The summed E-state index contributed by atoms with van der Waals surface area (Å²) in [5, 5.41) is 3.16. The van der Waals surface area contributed by atoms with Crippen molar-refractivity contribution in [1.29, 1.82) is 0 Å². The van der Waals surface area contributed by atoms with E-state index in [0.29, 0.717) is 6.04 Å². The first kappa shape index (κ1) is 23.9. The Bertz CT molecular complexity index is 373. The maximum absolute atomic E-state index is 12.2. The third-order valence-corrected chi connectivity index (χ3v) is 5.30. The van der Waals surface area contributed by atoms with Crippen LogP contribution in [0.2, 0.25) is 0 Å². The molecule has 0 aromatic rings. The van der Waals surface area contributed by atoms with E-state index in [1.807, 2.05) is 20.8 Å². The molecule has 1 amide bonds. The van der Waals surface area contributed by atoms with Crippen LogP contribution in [0.25, 0.3) is 0 Å². The van der Waals surface area contributed by atoms with E-state index < -0.39 is 6.04 Å². The number of hydrogen-bond acceptors (Lipinski definition) is 4. The standard InChI is InChI=1S/C17H34N4O.2ClH/c1-17(2,3)15(18)16(22)19-13-5-11-21(12-6-13)14-7-9-20(4)10-8-14;;/h13-15H,5-12,18H2,1-4H3,(H,19,22);2*1H/t15-;;/m1../s1. The predicted octanol–water partition coefficient (Wildman–Crippen LogP) is 1.88. The van der Waals surface area contributed by atoms with Gasteiger partial charge in [-0.1, -0.05) is 20.8 Å². The summed E-state index contributed by atoms with van der Waals surface area (Å²) in [5.41, 5.74) is 5.86. The summed E-state index contributed by atoms with van der Waals surface area (Å²) in [6.07, 6.45) is 4.66. The fourth-order valence-electron chi connectivity index (χ4n) is 3.45. The summed E-state index contributed by atoms with van der Waals surface area (Å²) in [5.74, 6) is 0.00485. The van der Waals surface area contributed by atoms with Crippen LogP contribution in [0.1, 0.15) is 46.5 Å². The van der Waals surface area contributed by atoms with E-state index >= 15 is 0 Å². The number of nitrogens with two attached hydrogens (primary N) is 1. The van der Waals surface area contributed by atoms with E-state index in [1.54, 1.807) is 0 Å². The van der Waals surface area contributed by atoms with Gasteiger partial charge in [0, 0.05) is 25.2 Å². The third kappa shape index (κ3) is 6.68. The van der Waals surface area contributed by atoms with Crippen molar-refractivity contribution in [3.8, 4) is 0 Å². The Morgan fingerprint density at radius 1 is 1.04 bits per heavy atom. The molecule has 2 fully saturated rings. The van der Waals surface area contributed by atoms with Crippen LogP contribution in [0.5, 0.6) is 0 Å². The molecule has 0 radical (unpaired) electrons.